The minimum Gasteiger partial charge on any atom is -0.494 e. The number of benzene rings is 1. The standard InChI is InChI=1S/C22H30N4O4S/c1-3-30-17-7-9-18(10-8-17)31(28,29)26-13-11-16(12-14-26)22(27)24-20-5-4-6-21-19(20)15-23-25(21)2/h7-10,15-16,20H,3-6,11-14H2,1-2H3,(H,24,27). The van der Waals surface area contributed by atoms with Crippen molar-refractivity contribution in [2.75, 3.05) is 19.7 Å². The quantitative estimate of drug-likeness (QED) is 0.736. The molecule has 1 saturated heterocycles. The van der Waals surface area contributed by atoms with Crippen molar-refractivity contribution in [2.24, 2.45) is 13.0 Å². The van der Waals surface area contributed by atoms with Crippen molar-refractivity contribution in [2.45, 2.75) is 50.0 Å². The predicted octanol–water partition coefficient (Wildman–Crippen LogP) is 2.41. The summed E-state index contributed by atoms with van der Waals surface area (Å²) in [5.41, 5.74) is 2.30. The molecule has 168 valence electrons. The third-order valence-corrected chi connectivity index (χ3v) is 8.20. The number of aromatic nitrogens is 2. The van der Waals surface area contributed by atoms with Crippen LogP contribution in [0.3, 0.4) is 0 Å². The molecule has 2 aromatic rings. The molecule has 1 amide bonds. The van der Waals surface area contributed by atoms with Gasteiger partial charge in [0.15, 0.2) is 0 Å². The smallest absolute Gasteiger partial charge is 0.243 e. The lowest BCUT2D eigenvalue weighted by molar-refractivity contribution is -0.127. The van der Waals surface area contributed by atoms with Gasteiger partial charge < -0.3 is 10.1 Å². The molecule has 1 atom stereocenters. The molecule has 8 nitrogen and oxygen atoms in total. The van der Waals surface area contributed by atoms with Crippen LogP contribution in [-0.4, -0.2) is 48.1 Å². The number of sulfonamides is 1. The van der Waals surface area contributed by atoms with E-state index in [0.29, 0.717) is 38.3 Å². The van der Waals surface area contributed by atoms with Crippen molar-refractivity contribution < 1.29 is 17.9 Å². The van der Waals surface area contributed by atoms with Crippen molar-refractivity contribution in [3.63, 3.8) is 0 Å². The molecule has 1 aromatic heterocycles. The monoisotopic (exact) mass is 446 g/mol. The molecule has 1 fully saturated rings. The molecule has 1 aromatic carbocycles. The fourth-order valence-corrected chi connectivity index (χ4v) is 6.00. The highest BCUT2D eigenvalue weighted by atomic mass is 32.2. The van der Waals surface area contributed by atoms with E-state index in [4.69, 9.17) is 4.74 Å². The van der Waals surface area contributed by atoms with Crippen LogP contribution in [0.2, 0.25) is 0 Å². The highest BCUT2D eigenvalue weighted by Crippen LogP contribution is 2.31. The van der Waals surface area contributed by atoms with E-state index >= 15 is 0 Å². The van der Waals surface area contributed by atoms with Crippen LogP contribution in [-0.2, 0) is 28.3 Å². The number of ether oxygens (including phenoxy) is 1. The van der Waals surface area contributed by atoms with Crippen molar-refractivity contribution in [1.82, 2.24) is 19.4 Å². The lowest BCUT2D eigenvalue weighted by atomic mass is 9.91. The van der Waals surface area contributed by atoms with Crippen molar-refractivity contribution in [3.05, 3.63) is 41.7 Å². The van der Waals surface area contributed by atoms with Gasteiger partial charge >= 0.3 is 0 Å². The zero-order valence-electron chi connectivity index (χ0n) is 18.1. The van der Waals surface area contributed by atoms with Gasteiger partial charge in [-0.2, -0.15) is 9.40 Å². The maximum Gasteiger partial charge on any atom is 0.243 e. The number of carbonyl (C=O) groups excluding carboxylic acids is 1. The average Bonchev–Trinajstić information content (AvgIpc) is 3.16. The molecule has 2 heterocycles. The van der Waals surface area contributed by atoms with E-state index < -0.39 is 10.0 Å². The average molecular weight is 447 g/mol. The first kappa shape index (κ1) is 21.8. The molecule has 0 spiro atoms. The number of aryl methyl sites for hydroxylation is 1. The first-order valence-corrected chi connectivity index (χ1v) is 12.4. The van der Waals surface area contributed by atoms with Crippen LogP contribution >= 0.6 is 0 Å². The molecule has 2 aliphatic rings. The summed E-state index contributed by atoms with van der Waals surface area (Å²) in [6, 6.07) is 6.50. The summed E-state index contributed by atoms with van der Waals surface area (Å²) >= 11 is 0. The lowest BCUT2D eigenvalue weighted by Crippen LogP contribution is -2.44. The molecule has 4 rings (SSSR count). The van der Waals surface area contributed by atoms with Crippen LogP contribution in [0.25, 0.3) is 0 Å². The molecule has 31 heavy (non-hydrogen) atoms. The third-order valence-electron chi connectivity index (χ3n) is 6.29. The summed E-state index contributed by atoms with van der Waals surface area (Å²) in [5, 5.41) is 7.52. The van der Waals surface area contributed by atoms with Gasteiger partial charge in [0.2, 0.25) is 15.9 Å². The minimum atomic E-state index is -3.57. The van der Waals surface area contributed by atoms with Gasteiger partial charge in [0.25, 0.3) is 0 Å². The highest BCUT2D eigenvalue weighted by molar-refractivity contribution is 7.89. The van der Waals surface area contributed by atoms with Gasteiger partial charge in [-0.05, 0) is 63.3 Å². The number of hydrogen-bond donors (Lipinski definition) is 1. The molecule has 9 heteroatoms. The SMILES string of the molecule is CCOc1ccc(S(=O)(=O)N2CCC(C(=O)NC3CCCc4c3cnn4C)CC2)cc1. The summed E-state index contributed by atoms with van der Waals surface area (Å²) in [6.45, 7) is 3.10. The lowest BCUT2D eigenvalue weighted by Gasteiger charge is -2.32. The fourth-order valence-electron chi connectivity index (χ4n) is 4.53. The second-order valence-electron chi connectivity index (χ2n) is 8.21. The summed E-state index contributed by atoms with van der Waals surface area (Å²) in [6.07, 6.45) is 5.82. The first-order valence-electron chi connectivity index (χ1n) is 10.9. The first-order chi connectivity index (χ1) is 14.9. The maximum atomic E-state index is 13.0. The van der Waals surface area contributed by atoms with Crippen LogP contribution in [0.4, 0.5) is 0 Å². The van der Waals surface area contributed by atoms with Crippen molar-refractivity contribution in [1.29, 1.82) is 0 Å². The second kappa shape index (κ2) is 9.00. The van der Waals surface area contributed by atoms with E-state index in [1.54, 1.807) is 24.3 Å². The van der Waals surface area contributed by atoms with E-state index in [1.165, 1.54) is 10.00 Å². The van der Waals surface area contributed by atoms with Gasteiger partial charge in [-0.3, -0.25) is 9.48 Å². The number of carbonyl (C=O) groups is 1. The number of rotatable bonds is 6. The van der Waals surface area contributed by atoms with E-state index in [-0.39, 0.29) is 22.8 Å². The van der Waals surface area contributed by atoms with Crippen molar-refractivity contribution in [3.8, 4) is 5.75 Å². The molecular formula is C22H30N4O4S. The van der Waals surface area contributed by atoms with Crippen LogP contribution in [0, 0.1) is 5.92 Å². The predicted molar refractivity (Wildman–Crippen MR) is 116 cm³/mol. The molecule has 1 aliphatic heterocycles. The van der Waals surface area contributed by atoms with E-state index in [9.17, 15) is 13.2 Å². The Morgan fingerprint density at radius 2 is 1.90 bits per heavy atom. The summed E-state index contributed by atoms with van der Waals surface area (Å²) in [5.74, 6) is 0.491. The van der Waals surface area contributed by atoms with Crippen LogP contribution in [0.1, 0.15) is 49.9 Å². The molecular weight excluding hydrogens is 416 g/mol. The highest BCUT2D eigenvalue weighted by Gasteiger charge is 2.33. The zero-order chi connectivity index (χ0) is 22.0. The summed E-state index contributed by atoms with van der Waals surface area (Å²) in [4.78, 5) is 13.1. The van der Waals surface area contributed by atoms with Gasteiger partial charge in [-0.1, -0.05) is 0 Å². The van der Waals surface area contributed by atoms with E-state index in [2.05, 4.69) is 10.4 Å². The molecule has 1 aliphatic carbocycles. The Morgan fingerprint density at radius 1 is 1.19 bits per heavy atom. The van der Waals surface area contributed by atoms with E-state index in [0.717, 1.165) is 24.8 Å². The normalized spacial score (nSPS) is 20.3. The number of piperidine rings is 1. The molecule has 1 unspecified atom stereocenters. The fraction of sp³-hybridized carbons (Fsp3) is 0.545. The van der Waals surface area contributed by atoms with Gasteiger partial charge in [-0.15, -0.1) is 0 Å². The number of fused-ring (bicyclic) bond motifs is 1. The van der Waals surface area contributed by atoms with Gasteiger partial charge in [0, 0.05) is 37.3 Å². The Morgan fingerprint density at radius 3 is 2.58 bits per heavy atom. The molecule has 1 N–H and O–H groups in total. The minimum absolute atomic E-state index is 0.00411. The Balaban J connectivity index is 1.35. The van der Waals surface area contributed by atoms with Gasteiger partial charge in [0.05, 0.1) is 23.7 Å². The number of amides is 1. The van der Waals surface area contributed by atoms with E-state index in [1.807, 2.05) is 24.9 Å². The number of hydrogen-bond acceptors (Lipinski definition) is 5. The third kappa shape index (κ3) is 4.48. The Hall–Kier alpha value is -2.39. The van der Waals surface area contributed by atoms with Gasteiger partial charge in [-0.25, -0.2) is 8.42 Å². The van der Waals surface area contributed by atoms with Crippen LogP contribution in [0.5, 0.6) is 5.75 Å². The number of nitrogens with one attached hydrogen (secondary N) is 1. The van der Waals surface area contributed by atoms with Crippen LogP contribution in [0.15, 0.2) is 35.4 Å². The maximum absolute atomic E-state index is 13.0. The second-order valence-corrected chi connectivity index (χ2v) is 10.1. The Labute approximate surface area is 183 Å². The largest absolute Gasteiger partial charge is 0.494 e. The van der Waals surface area contributed by atoms with Crippen LogP contribution < -0.4 is 10.1 Å². The molecule has 0 saturated carbocycles. The summed E-state index contributed by atoms with van der Waals surface area (Å²) in [7, 11) is -1.64. The molecule has 0 bridgehead atoms. The molecule has 0 radical (unpaired) electrons. The Bertz CT molecular complexity index is 1020. The Kier molecular flexibility index (Phi) is 6.34. The topological polar surface area (TPSA) is 93.5 Å². The number of nitrogens with zero attached hydrogens (tertiary/aromatic N) is 3. The van der Waals surface area contributed by atoms with Crippen molar-refractivity contribution >= 4 is 15.9 Å². The van der Waals surface area contributed by atoms with Gasteiger partial charge in [0.1, 0.15) is 5.75 Å². The zero-order valence-corrected chi connectivity index (χ0v) is 18.9. The summed E-state index contributed by atoms with van der Waals surface area (Å²) < 4.78 is 34.7.